The number of carbonyl (C=O) groups excluding carboxylic acids is 3. The summed E-state index contributed by atoms with van der Waals surface area (Å²) < 4.78 is 20.7. The molecule has 1 N–H and O–H groups in total. The van der Waals surface area contributed by atoms with Gasteiger partial charge in [-0.25, -0.2) is 9.69 Å². The molecule has 0 bridgehead atoms. The van der Waals surface area contributed by atoms with Crippen molar-refractivity contribution in [2.24, 2.45) is 0 Å². The summed E-state index contributed by atoms with van der Waals surface area (Å²) in [7, 11) is 6.04. The largest absolute Gasteiger partial charge is 0.497 e. The molecule has 1 saturated heterocycles. The lowest BCUT2D eigenvalue weighted by Crippen LogP contribution is -2.39. The van der Waals surface area contributed by atoms with Crippen molar-refractivity contribution in [3.05, 3.63) is 42.5 Å². The van der Waals surface area contributed by atoms with Crippen LogP contribution in [-0.2, 0) is 14.3 Å². The Balaban J connectivity index is 1.81. The van der Waals surface area contributed by atoms with E-state index in [1.54, 1.807) is 42.5 Å². The zero-order chi connectivity index (χ0) is 24.0. The summed E-state index contributed by atoms with van der Waals surface area (Å²) in [5.74, 6) is 0.683. The first kappa shape index (κ1) is 23.9. The highest BCUT2D eigenvalue weighted by Crippen LogP contribution is 2.29. The number of hydrogen-bond acceptors (Lipinski definition) is 7. The number of ether oxygens (including phenoxy) is 4. The molecule has 1 atom stereocenters. The van der Waals surface area contributed by atoms with Crippen molar-refractivity contribution in [1.29, 1.82) is 0 Å². The first-order chi connectivity index (χ1) is 15.9. The molecule has 2 aromatic carbocycles. The van der Waals surface area contributed by atoms with Crippen LogP contribution < -0.4 is 24.4 Å². The lowest BCUT2D eigenvalue weighted by molar-refractivity contribution is -0.124. The average Bonchev–Trinajstić information content (AvgIpc) is 3.05. The SMILES string of the molecule is COCCN1C(=O)N(c2ccc(OC)cc2)C(=O)[C@H]1CC(=O)Nc1cc(OC)cc(OC)c1. The standard InChI is InChI=1S/C23H27N3O7/c1-30-10-9-25-20(14-21(27)24-15-11-18(32-3)13-19(12-15)33-4)22(28)26(23(25)29)16-5-7-17(31-2)8-6-16/h5-8,11-13,20H,9-10,14H2,1-4H3,(H,24,27)/t20-/m1/s1. The molecule has 10 heteroatoms. The van der Waals surface area contributed by atoms with Gasteiger partial charge < -0.3 is 29.2 Å². The third kappa shape index (κ3) is 5.35. The van der Waals surface area contributed by atoms with E-state index in [2.05, 4.69) is 5.32 Å². The van der Waals surface area contributed by atoms with Crippen molar-refractivity contribution >= 4 is 29.2 Å². The van der Waals surface area contributed by atoms with Crippen molar-refractivity contribution in [1.82, 2.24) is 4.90 Å². The minimum Gasteiger partial charge on any atom is -0.497 e. The number of hydrogen-bond donors (Lipinski definition) is 1. The highest BCUT2D eigenvalue weighted by molar-refractivity contribution is 6.22. The molecule has 0 aliphatic carbocycles. The molecular formula is C23H27N3O7. The van der Waals surface area contributed by atoms with E-state index in [9.17, 15) is 14.4 Å². The van der Waals surface area contributed by atoms with Gasteiger partial charge in [-0.1, -0.05) is 0 Å². The van der Waals surface area contributed by atoms with Crippen LogP contribution >= 0.6 is 0 Å². The van der Waals surface area contributed by atoms with Crippen LogP contribution in [0.2, 0.25) is 0 Å². The predicted molar refractivity (Wildman–Crippen MR) is 121 cm³/mol. The molecule has 1 heterocycles. The number of nitrogens with one attached hydrogen (secondary N) is 1. The molecule has 0 radical (unpaired) electrons. The van der Waals surface area contributed by atoms with Crippen LogP contribution in [0.15, 0.2) is 42.5 Å². The van der Waals surface area contributed by atoms with E-state index in [4.69, 9.17) is 18.9 Å². The van der Waals surface area contributed by atoms with Crippen LogP contribution in [0.1, 0.15) is 6.42 Å². The van der Waals surface area contributed by atoms with Gasteiger partial charge in [0.25, 0.3) is 5.91 Å². The highest BCUT2D eigenvalue weighted by atomic mass is 16.5. The lowest BCUT2D eigenvalue weighted by atomic mass is 10.1. The Morgan fingerprint density at radius 1 is 0.909 bits per heavy atom. The van der Waals surface area contributed by atoms with Crippen LogP contribution in [0.25, 0.3) is 0 Å². The fraction of sp³-hybridized carbons (Fsp3) is 0.348. The van der Waals surface area contributed by atoms with Crippen molar-refractivity contribution < 1.29 is 33.3 Å². The first-order valence-electron chi connectivity index (χ1n) is 10.2. The summed E-state index contributed by atoms with van der Waals surface area (Å²) in [6.07, 6.45) is -0.222. The first-order valence-corrected chi connectivity index (χ1v) is 10.2. The Bertz CT molecular complexity index is 987. The number of urea groups is 1. The summed E-state index contributed by atoms with van der Waals surface area (Å²) in [6.45, 7) is 0.388. The molecule has 10 nitrogen and oxygen atoms in total. The highest BCUT2D eigenvalue weighted by Gasteiger charge is 2.46. The smallest absolute Gasteiger partial charge is 0.332 e. The van der Waals surface area contributed by atoms with Crippen molar-refractivity contribution in [3.8, 4) is 17.2 Å². The van der Waals surface area contributed by atoms with Crippen LogP contribution in [-0.4, -0.2) is 70.4 Å². The lowest BCUT2D eigenvalue weighted by Gasteiger charge is -2.21. The minimum absolute atomic E-state index is 0.165. The Hall–Kier alpha value is -3.79. The van der Waals surface area contributed by atoms with Gasteiger partial charge in [0.2, 0.25) is 5.91 Å². The van der Waals surface area contributed by atoms with Crippen LogP contribution in [0, 0.1) is 0 Å². The van der Waals surface area contributed by atoms with Gasteiger partial charge >= 0.3 is 6.03 Å². The summed E-state index contributed by atoms with van der Waals surface area (Å²) >= 11 is 0. The third-order valence-electron chi connectivity index (χ3n) is 5.20. The van der Waals surface area contributed by atoms with Gasteiger partial charge in [-0.2, -0.15) is 0 Å². The Morgan fingerprint density at radius 3 is 2.06 bits per heavy atom. The van der Waals surface area contributed by atoms with Gasteiger partial charge in [0.15, 0.2) is 0 Å². The topological polar surface area (TPSA) is 107 Å². The Kier molecular flexibility index (Phi) is 7.73. The molecule has 4 amide bonds. The molecule has 0 saturated carbocycles. The Labute approximate surface area is 192 Å². The zero-order valence-electron chi connectivity index (χ0n) is 19.0. The fourth-order valence-electron chi connectivity index (χ4n) is 3.51. The predicted octanol–water partition coefficient (Wildman–Crippen LogP) is 2.52. The van der Waals surface area contributed by atoms with Gasteiger partial charge in [0.05, 0.1) is 40.0 Å². The maximum absolute atomic E-state index is 13.2. The van der Waals surface area contributed by atoms with E-state index < -0.39 is 23.9 Å². The number of imide groups is 1. The number of rotatable bonds is 10. The number of anilines is 2. The maximum atomic E-state index is 13.2. The van der Waals surface area contributed by atoms with Crippen LogP contribution in [0.5, 0.6) is 17.2 Å². The molecule has 0 unspecified atom stereocenters. The minimum atomic E-state index is -0.970. The zero-order valence-corrected chi connectivity index (χ0v) is 19.0. The molecule has 3 rings (SSSR count). The van der Waals surface area contributed by atoms with E-state index >= 15 is 0 Å². The number of benzene rings is 2. The molecule has 2 aromatic rings. The van der Waals surface area contributed by atoms with Crippen molar-refractivity contribution in [3.63, 3.8) is 0 Å². The number of methoxy groups -OCH3 is 4. The molecule has 33 heavy (non-hydrogen) atoms. The molecule has 1 fully saturated rings. The normalized spacial score (nSPS) is 15.6. The number of amides is 4. The molecule has 1 aliphatic rings. The van der Waals surface area contributed by atoms with E-state index in [-0.39, 0.29) is 19.6 Å². The van der Waals surface area contributed by atoms with E-state index in [0.29, 0.717) is 28.6 Å². The maximum Gasteiger partial charge on any atom is 0.332 e. The second-order valence-electron chi connectivity index (χ2n) is 7.21. The summed E-state index contributed by atoms with van der Waals surface area (Å²) in [6, 6.07) is 10.0. The molecule has 0 aromatic heterocycles. The monoisotopic (exact) mass is 457 g/mol. The van der Waals surface area contributed by atoms with Gasteiger partial charge in [-0.3, -0.25) is 9.59 Å². The van der Waals surface area contributed by atoms with Gasteiger partial charge in [-0.05, 0) is 24.3 Å². The Morgan fingerprint density at radius 2 is 1.52 bits per heavy atom. The van der Waals surface area contributed by atoms with Crippen LogP contribution in [0.4, 0.5) is 16.2 Å². The van der Waals surface area contributed by atoms with E-state index in [1.807, 2.05) is 0 Å². The molecule has 1 aliphatic heterocycles. The van der Waals surface area contributed by atoms with Crippen molar-refractivity contribution in [2.45, 2.75) is 12.5 Å². The molecule has 176 valence electrons. The average molecular weight is 457 g/mol. The second-order valence-corrected chi connectivity index (χ2v) is 7.21. The van der Waals surface area contributed by atoms with Gasteiger partial charge in [-0.15, -0.1) is 0 Å². The van der Waals surface area contributed by atoms with Crippen molar-refractivity contribution in [2.75, 3.05) is 51.8 Å². The van der Waals surface area contributed by atoms with E-state index in [0.717, 1.165) is 4.90 Å². The fourth-order valence-corrected chi connectivity index (χ4v) is 3.51. The number of carbonyl (C=O) groups is 3. The summed E-state index contributed by atoms with van der Waals surface area (Å²) in [5, 5.41) is 2.74. The third-order valence-corrected chi connectivity index (χ3v) is 5.20. The quantitative estimate of drug-likeness (QED) is 0.547. The molecule has 0 spiro atoms. The van der Waals surface area contributed by atoms with Gasteiger partial charge in [0.1, 0.15) is 23.3 Å². The van der Waals surface area contributed by atoms with Crippen LogP contribution in [0.3, 0.4) is 0 Å². The van der Waals surface area contributed by atoms with Gasteiger partial charge in [0, 0.05) is 37.5 Å². The van der Waals surface area contributed by atoms with E-state index in [1.165, 1.54) is 33.3 Å². The second kappa shape index (κ2) is 10.7. The summed E-state index contributed by atoms with van der Waals surface area (Å²) in [4.78, 5) is 41.5. The number of nitrogens with zero attached hydrogens (tertiary/aromatic N) is 2. The molecular weight excluding hydrogens is 430 g/mol. The summed E-state index contributed by atoms with van der Waals surface area (Å²) in [5.41, 5.74) is 0.845.